The maximum Gasteiger partial charge on any atom is 0.357 e. The van der Waals surface area contributed by atoms with Crippen molar-refractivity contribution in [1.29, 1.82) is 0 Å². The van der Waals surface area contributed by atoms with Gasteiger partial charge in [-0.15, -0.1) is 0 Å². The molecule has 1 rings (SSSR count). The van der Waals surface area contributed by atoms with Crippen LogP contribution in [0.25, 0.3) is 0 Å². The standard InChI is InChI=1S/C12H10Cl2F4N4O5/c1-6(5-10(23,11(13,15)16)12(14,17)18)19-20-8-3-2-7(21(24)25)4-9(8)22(26)27/h2-4,20,23H,5H2,1H3/b19-6+. The molecule has 9 nitrogen and oxygen atoms in total. The predicted molar refractivity (Wildman–Crippen MR) is 87.6 cm³/mol. The molecule has 0 amide bonds. The first-order valence-corrected chi connectivity index (χ1v) is 7.43. The topological polar surface area (TPSA) is 131 Å². The molecule has 0 aliphatic heterocycles. The van der Waals surface area contributed by atoms with Crippen molar-refractivity contribution < 1.29 is 32.5 Å². The predicted octanol–water partition coefficient (Wildman–Crippen LogP) is 4.08. The zero-order chi connectivity index (χ0) is 21.2. The number of rotatable bonds is 8. The lowest BCUT2D eigenvalue weighted by atomic mass is 9.97. The lowest BCUT2D eigenvalue weighted by Crippen LogP contribution is -2.56. The quantitative estimate of drug-likeness (QED) is 0.207. The highest BCUT2D eigenvalue weighted by Crippen LogP contribution is 2.48. The van der Waals surface area contributed by atoms with Gasteiger partial charge in [0.2, 0.25) is 5.60 Å². The van der Waals surface area contributed by atoms with E-state index >= 15 is 0 Å². The molecule has 0 saturated carbocycles. The summed E-state index contributed by atoms with van der Waals surface area (Å²) >= 11 is 9.05. The summed E-state index contributed by atoms with van der Waals surface area (Å²) in [4.78, 5) is 19.7. The molecule has 1 aromatic rings. The fourth-order valence-corrected chi connectivity index (χ4v) is 2.23. The molecule has 0 heterocycles. The average molecular weight is 437 g/mol. The summed E-state index contributed by atoms with van der Waals surface area (Å²) < 4.78 is 52.8. The van der Waals surface area contributed by atoms with Crippen molar-refractivity contribution in [2.75, 3.05) is 5.43 Å². The summed E-state index contributed by atoms with van der Waals surface area (Å²) in [6.07, 6.45) is -1.51. The molecule has 0 fully saturated rings. The molecule has 0 bridgehead atoms. The van der Waals surface area contributed by atoms with Gasteiger partial charge in [0.25, 0.3) is 5.69 Å². The highest BCUT2D eigenvalue weighted by atomic mass is 35.5. The number of hydrazone groups is 1. The van der Waals surface area contributed by atoms with Gasteiger partial charge < -0.3 is 5.11 Å². The van der Waals surface area contributed by atoms with E-state index in [1.165, 1.54) is 0 Å². The third kappa shape index (κ3) is 5.14. The van der Waals surface area contributed by atoms with E-state index in [-0.39, 0.29) is 0 Å². The molecule has 0 aromatic heterocycles. The summed E-state index contributed by atoms with van der Waals surface area (Å²) in [7, 11) is 0. The fourth-order valence-electron chi connectivity index (χ4n) is 1.81. The van der Waals surface area contributed by atoms with E-state index in [0.29, 0.717) is 6.07 Å². The van der Waals surface area contributed by atoms with Crippen LogP contribution in [0.1, 0.15) is 13.3 Å². The van der Waals surface area contributed by atoms with Crippen molar-refractivity contribution >= 4 is 46.0 Å². The molecule has 0 radical (unpaired) electrons. The number of nitrogens with zero attached hydrogens (tertiary/aromatic N) is 3. The van der Waals surface area contributed by atoms with Crippen LogP contribution in [0.4, 0.5) is 34.6 Å². The molecule has 0 saturated heterocycles. The number of benzene rings is 1. The first kappa shape index (κ1) is 22.8. The Morgan fingerprint density at radius 1 is 1.19 bits per heavy atom. The number of anilines is 1. The largest absolute Gasteiger partial charge is 0.376 e. The molecule has 0 atom stereocenters. The van der Waals surface area contributed by atoms with Crippen molar-refractivity contribution in [3.63, 3.8) is 0 Å². The maximum absolute atomic E-state index is 13.2. The van der Waals surface area contributed by atoms with E-state index in [2.05, 4.69) is 28.3 Å². The first-order chi connectivity index (χ1) is 12.1. The van der Waals surface area contributed by atoms with Crippen molar-refractivity contribution in [2.45, 2.75) is 29.7 Å². The van der Waals surface area contributed by atoms with Crippen LogP contribution in [0.3, 0.4) is 0 Å². The fraction of sp³-hybridized carbons (Fsp3) is 0.417. The van der Waals surface area contributed by atoms with Gasteiger partial charge in [-0.25, -0.2) is 0 Å². The van der Waals surface area contributed by atoms with Gasteiger partial charge in [0.15, 0.2) is 0 Å². The highest BCUT2D eigenvalue weighted by Gasteiger charge is 2.66. The Morgan fingerprint density at radius 3 is 2.11 bits per heavy atom. The minimum Gasteiger partial charge on any atom is -0.376 e. The molecule has 150 valence electrons. The zero-order valence-corrected chi connectivity index (χ0v) is 14.6. The molecule has 0 aliphatic carbocycles. The number of hydrogen-bond donors (Lipinski definition) is 2. The minimum atomic E-state index is -4.84. The molecular formula is C12H10Cl2F4N4O5. The van der Waals surface area contributed by atoms with Crippen LogP contribution in [0, 0.1) is 20.2 Å². The van der Waals surface area contributed by atoms with E-state index in [1.807, 2.05) is 5.43 Å². The molecule has 0 aliphatic rings. The third-order valence-corrected chi connectivity index (χ3v) is 3.83. The lowest BCUT2D eigenvalue weighted by Gasteiger charge is -2.34. The van der Waals surface area contributed by atoms with Gasteiger partial charge in [-0.2, -0.15) is 22.7 Å². The van der Waals surface area contributed by atoms with Crippen molar-refractivity contribution in [1.82, 2.24) is 0 Å². The summed E-state index contributed by atoms with van der Waals surface area (Å²) in [5, 5.41) is 24.8. The van der Waals surface area contributed by atoms with Gasteiger partial charge in [0.05, 0.1) is 15.9 Å². The van der Waals surface area contributed by atoms with E-state index in [4.69, 9.17) is 0 Å². The number of halogens is 6. The SMILES string of the molecule is C/C(CC(O)(C(F)(F)Cl)C(F)(F)Cl)=N\Nc1ccc([N+](=O)[O-])cc1[N+](=O)[O-]. The van der Waals surface area contributed by atoms with E-state index in [1.54, 1.807) is 0 Å². The Balaban J connectivity index is 3.16. The smallest absolute Gasteiger partial charge is 0.357 e. The summed E-state index contributed by atoms with van der Waals surface area (Å²) in [5.41, 5.74) is -4.56. The van der Waals surface area contributed by atoms with Crippen LogP contribution in [-0.2, 0) is 0 Å². The molecule has 27 heavy (non-hydrogen) atoms. The number of aliphatic hydroxyl groups is 1. The summed E-state index contributed by atoms with van der Waals surface area (Å²) in [6.45, 7) is 0.931. The summed E-state index contributed by atoms with van der Waals surface area (Å²) in [6, 6.07) is 2.38. The minimum absolute atomic E-state index is 0.399. The van der Waals surface area contributed by atoms with Crippen LogP contribution in [-0.4, -0.2) is 37.0 Å². The monoisotopic (exact) mass is 436 g/mol. The number of non-ortho nitro benzene ring substituents is 1. The third-order valence-electron chi connectivity index (χ3n) is 3.21. The van der Waals surface area contributed by atoms with Crippen molar-refractivity contribution in [3.8, 4) is 0 Å². The molecule has 15 heteroatoms. The van der Waals surface area contributed by atoms with Gasteiger partial charge in [0.1, 0.15) is 5.69 Å². The lowest BCUT2D eigenvalue weighted by molar-refractivity contribution is -0.393. The second-order valence-electron chi connectivity index (χ2n) is 5.21. The Bertz CT molecular complexity index is 768. The second-order valence-corrected chi connectivity index (χ2v) is 6.16. The van der Waals surface area contributed by atoms with Gasteiger partial charge >= 0.3 is 16.5 Å². The van der Waals surface area contributed by atoms with Gasteiger partial charge in [-0.05, 0) is 36.2 Å². The van der Waals surface area contributed by atoms with Crippen LogP contribution < -0.4 is 5.43 Å². The number of nitrogens with one attached hydrogen (secondary N) is 1. The molecular weight excluding hydrogens is 427 g/mol. The normalized spacial score (nSPS) is 13.4. The number of nitro benzene ring substituents is 2. The molecule has 2 N–H and O–H groups in total. The molecule has 1 aromatic carbocycles. The molecule has 0 unspecified atom stereocenters. The van der Waals surface area contributed by atoms with Gasteiger partial charge in [-0.1, -0.05) is 0 Å². The zero-order valence-electron chi connectivity index (χ0n) is 13.1. The van der Waals surface area contributed by atoms with Crippen molar-refractivity contribution in [2.24, 2.45) is 5.10 Å². The van der Waals surface area contributed by atoms with E-state index in [0.717, 1.165) is 19.1 Å². The maximum atomic E-state index is 13.2. The van der Waals surface area contributed by atoms with E-state index in [9.17, 15) is 42.9 Å². The Labute approximate surface area is 157 Å². The first-order valence-electron chi connectivity index (χ1n) is 6.68. The number of hydrogen-bond acceptors (Lipinski definition) is 7. The summed E-state index contributed by atoms with van der Waals surface area (Å²) in [5.74, 6) is 0. The number of nitro groups is 2. The second kappa shape index (κ2) is 7.78. The van der Waals surface area contributed by atoms with Gasteiger partial charge in [0, 0.05) is 18.2 Å². The average Bonchev–Trinajstić information content (AvgIpc) is 2.50. The van der Waals surface area contributed by atoms with Crippen LogP contribution in [0.15, 0.2) is 23.3 Å². The Kier molecular flexibility index (Phi) is 6.57. The Hall–Kier alpha value is -2.25. The Morgan fingerprint density at radius 2 is 1.70 bits per heavy atom. The van der Waals surface area contributed by atoms with Gasteiger partial charge in [-0.3, -0.25) is 25.7 Å². The van der Waals surface area contributed by atoms with E-state index < -0.39 is 55.4 Å². The molecule has 0 spiro atoms. The van der Waals surface area contributed by atoms with Crippen LogP contribution in [0.5, 0.6) is 0 Å². The van der Waals surface area contributed by atoms with Crippen molar-refractivity contribution in [3.05, 3.63) is 38.4 Å². The van der Waals surface area contributed by atoms with Crippen LogP contribution >= 0.6 is 23.2 Å². The number of alkyl halides is 6. The van der Waals surface area contributed by atoms with Crippen LogP contribution in [0.2, 0.25) is 0 Å². The highest BCUT2D eigenvalue weighted by molar-refractivity contribution is 6.26.